The zero-order valence-electron chi connectivity index (χ0n) is 14.6. The van der Waals surface area contributed by atoms with Gasteiger partial charge >= 0.3 is 5.97 Å². The zero-order valence-corrected chi connectivity index (χ0v) is 15.4. The number of nitrogens with zero attached hydrogens (tertiary/aromatic N) is 2. The summed E-state index contributed by atoms with van der Waals surface area (Å²) in [5.74, 6) is -0.741. The number of ether oxygens (including phenoxy) is 1. The van der Waals surface area contributed by atoms with E-state index in [1.165, 1.54) is 25.3 Å². The molecule has 9 heteroatoms. The van der Waals surface area contributed by atoms with Crippen molar-refractivity contribution in [1.29, 1.82) is 0 Å². The Bertz CT molecular complexity index is 992. The fraction of sp³-hybridized carbons (Fsp3) is 0.412. The highest BCUT2D eigenvalue weighted by molar-refractivity contribution is 7.85. The first-order valence-corrected chi connectivity index (χ1v) is 9.63. The summed E-state index contributed by atoms with van der Waals surface area (Å²) in [5.41, 5.74) is 1.60. The molecular formula is C17H20N2O6S. The van der Waals surface area contributed by atoms with Crippen LogP contribution in [0, 0.1) is 0 Å². The lowest BCUT2D eigenvalue weighted by Gasteiger charge is -2.22. The van der Waals surface area contributed by atoms with Gasteiger partial charge in [0.2, 0.25) is 0 Å². The molecule has 0 unspecified atom stereocenters. The van der Waals surface area contributed by atoms with Gasteiger partial charge in [-0.05, 0) is 43.0 Å². The molecule has 1 aliphatic heterocycles. The number of methoxy groups -OCH3 is 1. The molecule has 0 radical (unpaired) electrons. The number of benzene rings is 1. The van der Waals surface area contributed by atoms with Crippen molar-refractivity contribution < 1.29 is 27.3 Å². The SMILES string of the molecule is COC(=O)Cn1c2c(c3cc(S(=O)(=O)O)ccc31)CCCCN(C)C2=O. The van der Waals surface area contributed by atoms with E-state index in [2.05, 4.69) is 0 Å². The van der Waals surface area contributed by atoms with Crippen molar-refractivity contribution in [3.63, 3.8) is 0 Å². The molecule has 8 nitrogen and oxygen atoms in total. The van der Waals surface area contributed by atoms with Gasteiger partial charge in [-0.1, -0.05) is 0 Å². The van der Waals surface area contributed by atoms with Crippen molar-refractivity contribution in [1.82, 2.24) is 9.47 Å². The lowest BCUT2D eigenvalue weighted by atomic mass is 10.0. The molecule has 2 heterocycles. The number of aromatic nitrogens is 1. The number of rotatable bonds is 3. The summed E-state index contributed by atoms with van der Waals surface area (Å²) in [4.78, 5) is 26.1. The van der Waals surface area contributed by atoms with Gasteiger partial charge in [-0.2, -0.15) is 8.42 Å². The minimum atomic E-state index is -4.38. The largest absolute Gasteiger partial charge is 0.468 e. The molecule has 3 rings (SSSR count). The monoisotopic (exact) mass is 380 g/mol. The van der Waals surface area contributed by atoms with Gasteiger partial charge < -0.3 is 14.2 Å². The number of hydrogen-bond acceptors (Lipinski definition) is 5. The molecule has 0 aliphatic carbocycles. The summed E-state index contributed by atoms with van der Waals surface area (Å²) in [5, 5.41) is 0.544. The minimum Gasteiger partial charge on any atom is -0.468 e. The summed E-state index contributed by atoms with van der Waals surface area (Å²) in [7, 11) is -1.41. The molecule has 1 amide bonds. The lowest BCUT2D eigenvalue weighted by Crippen LogP contribution is -2.32. The predicted octanol–water partition coefficient (Wildman–Crippen LogP) is 1.47. The predicted molar refractivity (Wildman–Crippen MR) is 93.7 cm³/mol. The Morgan fingerprint density at radius 1 is 1.31 bits per heavy atom. The van der Waals surface area contributed by atoms with Crippen LogP contribution < -0.4 is 0 Å². The first-order valence-electron chi connectivity index (χ1n) is 8.19. The first-order chi connectivity index (χ1) is 12.2. The number of aryl methyl sites for hydroxylation is 1. The number of amides is 1. The Labute approximate surface area is 151 Å². The fourth-order valence-electron chi connectivity index (χ4n) is 3.35. The second kappa shape index (κ2) is 6.73. The van der Waals surface area contributed by atoms with E-state index in [-0.39, 0.29) is 17.3 Å². The summed E-state index contributed by atoms with van der Waals surface area (Å²) >= 11 is 0. The van der Waals surface area contributed by atoms with Crippen LogP contribution in [0.5, 0.6) is 0 Å². The van der Waals surface area contributed by atoms with Gasteiger partial charge in [0, 0.05) is 24.5 Å². The molecule has 0 spiro atoms. The summed E-state index contributed by atoms with van der Waals surface area (Å²) in [6, 6.07) is 4.11. The zero-order chi connectivity index (χ0) is 19.1. The Morgan fingerprint density at radius 3 is 2.69 bits per heavy atom. The second-order valence-electron chi connectivity index (χ2n) is 6.33. The van der Waals surface area contributed by atoms with E-state index in [0.29, 0.717) is 35.1 Å². The van der Waals surface area contributed by atoms with E-state index >= 15 is 0 Å². The third-order valence-electron chi connectivity index (χ3n) is 4.67. The molecule has 26 heavy (non-hydrogen) atoms. The van der Waals surface area contributed by atoms with E-state index in [1.807, 2.05) is 0 Å². The average molecular weight is 380 g/mol. The summed E-state index contributed by atoms with van der Waals surface area (Å²) < 4.78 is 38.7. The molecule has 1 aromatic heterocycles. The summed E-state index contributed by atoms with van der Waals surface area (Å²) in [6.07, 6.45) is 2.22. The summed E-state index contributed by atoms with van der Waals surface area (Å²) in [6.45, 7) is 0.446. The van der Waals surface area contributed by atoms with Gasteiger partial charge in [-0.3, -0.25) is 14.1 Å². The lowest BCUT2D eigenvalue weighted by molar-refractivity contribution is -0.141. The van der Waals surface area contributed by atoms with Crippen molar-refractivity contribution in [3.05, 3.63) is 29.5 Å². The fourth-order valence-corrected chi connectivity index (χ4v) is 3.86. The van der Waals surface area contributed by atoms with Gasteiger partial charge in [-0.25, -0.2) is 0 Å². The maximum Gasteiger partial charge on any atom is 0.325 e. The van der Waals surface area contributed by atoms with Crippen LogP contribution in [0.3, 0.4) is 0 Å². The number of hydrogen-bond donors (Lipinski definition) is 1. The van der Waals surface area contributed by atoms with Crippen molar-refractivity contribution in [2.75, 3.05) is 20.7 Å². The van der Waals surface area contributed by atoms with Crippen LogP contribution in [0.15, 0.2) is 23.1 Å². The van der Waals surface area contributed by atoms with Crippen molar-refractivity contribution in [2.45, 2.75) is 30.7 Å². The van der Waals surface area contributed by atoms with Gasteiger partial charge in [0.1, 0.15) is 12.2 Å². The van der Waals surface area contributed by atoms with Crippen molar-refractivity contribution in [3.8, 4) is 0 Å². The normalized spacial score (nSPS) is 15.5. The van der Waals surface area contributed by atoms with Crippen molar-refractivity contribution >= 4 is 32.9 Å². The number of carbonyl (C=O) groups excluding carboxylic acids is 2. The molecule has 2 aromatic rings. The van der Waals surface area contributed by atoms with Crippen LogP contribution >= 0.6 is 0 Å². The first kappa shape index (κ1) is 18.4. The van der Waals surface area contributed by atoms with E-state index in [4.69, 9.17) is 4.74 Å². The maximum atomic E-state index is 12.9. The van der Waals surface area contributed by atoms with E-state index in [1.54, 1.807) is 16.5 Å². The average Bonchev–Trinajstić information content (AvgIpc) is 2.88. The Morgan fingerprint density at radius 2 is 2.04 bits per heavy atom. The molecule has 1 aromatic carbocycles. The van der Waals surface area contributed by atoms with Gasteiger partial charge in [-0.15, -0.1) is 0 Å². The Kier molecular flexibility index (Phi) is 4.76. The molecule has 140 valence electrons. The van der Waals surface area contributed by atoms with Gasteiger partial charge in [0.05, 0.1) is 12.0 Å². The number of fused-ring (bicyclic) bond motifs is 3. The van der Waals surface area contributed by atoms with Crippen LogP contribution in [0.25, 0.3) is 10.9 Å². The van der Waals surface area contributed by atoms with Crippen LogP contribution in [0.4, 0.5) is 0 Å². The highest BCUT2D eigenvalue weighted by atomic mass is 32.2. The minimum absolute atomic E-state index is 0.160. The topological polar surface area (TPSA) is 106 Å². The molecule has 0 atom stereocenters. The van der Waals surface area contributed by atoms with Crippen molar-refractivity contribution in [2.24, 2.45) is 0 Å². The van der Waals surface area contributed by atoms with Gasteiger partial charge in [0.15, 0.2) is 0 Å². The molecule has 0 saturated carbocycles. The molecule has 1 aliphatic rings. The number of carbonyl (C=O) groups is 2. The van der Waals surface area contributed by atoms with Crippen LogP contribution in [0.2, 0.25) is 0 Å². The second-order valence-corrected chi connectivity index (χ2v) is 7.75. The molecular weight excluding hydrogens is 360 g/mol. The van der Waals surface area contributed by atoms with Crippen LogP contribution in [-0.2, 0) is 32.6 Å². The maximum absolute atomic E-state index is 12.9. The molecule has 0 saturated heterocycles. The highest BCUT2D eigenvalue weighted by Gasteiger charge is 2.28. The van der Waals surface area contributed by atoms with E-state index < -0.39 is 16.1 Å². The van der Waals surface area contributed by atoms with Crippen LogP contribution in [-0.4, -0.2) is 55.0 Å². The smallest absolute Gasteiger partial charge is 0.325 e. The third-order valence-corrected chi connectivity index (χ3v) is 5.52. The Balaban J connectivity index is 2.33. The highest BCUT2D eigenvalue weighted by Crippen LogP contribution is 2.32. The Hall–Kier alpha value is -2.39. The molecule has 0 bridgehead atoms. The number of esters is 1. The quantitative estimate of drug-likeness (QED) is 0.638. The van der Waals surface area contributed by atoms with Gasteiger partial charge in [0.25, 0.3) is 16.0 Å². The third kappa shape index (κ3) is 3.19. The van der Waals surface area contributed by atoms with E-state index in [0.717, 1.165) is 12.8 Å². The molecule has 0 fully saturated rings. The molecule has 1 N–H and O–H groups in total. The standard InChI is InChI=1S/C17H20N2O6S/c1-18-8-4-3-5-12-13-9-11(26(22,23)24)6-7-14(13)19(10-15(20)25-2)16(12)17(18)21/h6-7,9H,3-5,8,10H2,1-2H3,(H,22,23,24). The van der Waals surface area contributed by atoms with Crippen LogP contribution in [0.1, 0.15) is 28.9 Å². The van der Waals surface area contributed by atoms with E-state index in [9.17, 15) is 22.6 Å².